The van der Waals surface area contributed by atoms with Crippen LogP contribution in [-0.4, -0.2) is 44.1 Å². The van der Waals surface area contributed by atoms with Gasteiger partial charge >= 0.3 is 0 Å². The van der Waals surface area contributed by atoms with E-state index >= 15 is 0 Å². The molecular formula is C20H29ClN2O2. The first kappa shape index (κ1) is 18.5. The third kappa shape index (κ3) is 3.15. The van der Waals surface area contributed by atoms with Gasteiger partial charge in [-0.2, -0.15) is 0 Å². The second-order valence-corrected chi connectivity index (χ2v) is 7.99. The molecule has 1 aliphatic carbocycles. The Balaban J connectivity index is 0.00000182. The van der Waals surface area contributed by atoms with Crippen molar-refractivity contribution in [1.82, 2.24) is 10.2 Å². The average molecular weight is 365 g/mol. The van der Waals surface area contributed by atoms with E-state index in [1.165, 1.54) is 6.42 Å². The number of halogens is 1. The van der Waals surface area contributed by atoms with Crippen LogP contribution in [0.5, 0.6) is 5.75 Å². The second kappa shape index (κ2) is 6.81. The maximum atomic E-state index is 13.2. The van der Waals surface area contributed by atoms with Gasteiger partial charge in [0.2, 0.25) is 5.91 Å². The largest absolute Gasteiger partial charge is 0.496 e. The Kier molecular flexibility index (Phi) is 5.04. The normalized spacial score (nSPS) is 23.2. The zero-order valence-corrected chi connectivity index (χ0v) is 16.1. The molecule has 3 aliphatic rings. The quantitative estimate of drug-likeness (QED) is 0.896. The van der Waals surface area contributed by atoms with Crippen LogP contribution in [0.2, 0.25) is 0 Å². The molecule has 0 aromatic heterocycles. The Bertz CT molecular complexity index is 641. The van der Waals surface area contributed by atoms with E-state index in [1.54, 1.807) is 7.11 Å². The lowest BCUT2D eigenvalue weighted by atomic mass is 9.77. The third-order valence-electron chi connectivity index (χ3n) is 6.56. The molecular weight excluding hydrogens is 336 g/mol. The van der Waals surface area contributed by atoms with Gasteiger partial charge in [0.05, 0.1) is 12.5 Å². The summed E-state index contributed by atoms with van der Waals surface area (Å²) in [4.78, 5) is 15.4. The molecule has 0 atom stereocenters. The van der Waals surface area contributed by atoms with E-state index < -0.39 is 0 Å². The molecule has 2 heterocycles. The van der Waals surface area contributed by atoms with E-state index in [0.717, 1.165) is 68.7 Å². The Morgan fingerprint density at radius 2 is 1.88 bits per heavy atom. The smallest absolute Gasteiger partial charge is 0.233 e. The van der Waals surface area contributed by atoms with Crippen molar-refractivity contribution in [1.29, 1.82) is 0 Å². The van der Waals surface area contributed by atoms with Crippen molar-refractivity contribution >= 4 is 18.3 Å². The number of amides is 1. The van der Waals surface area contributed by atoms with E-state index in [4.69, 9.17) is 4.74 Å². The summed E-state index contributed by atoms with van der Waals surface area (Å²) in [7, 11) is 1.70. The molecule has 1 aromatic rings. The molecule has 2 saturated heterocycles. The van der Waals surface area contributed by atoms with Crippen molar-refractivity contribution in [2.75, 3.05) is 33.3 Å². The molecule has 25 heavy (non-hydrogen) atoms. The molecule has 4 rings (SSSR count). The van der Waals surface area contributed by atoms with Gasteiger partial charge in [0, 0.05) is 19.6 Å². The van der Waals surface area contributed by atoms with Crippen LogP contribution in [-0.2, 0) is 10.2 Å². The highest BCUT2D eigenvalue weighted by molar-refractivity contribution is 5.91. The van der Waals surface area contributed by atoms with Crippen LogP contribution in [0.15, 0.2) is 18.2 Å². The third-order valence-corrected chi connectivity index (χ3v) is 6.56. The lowest BCUT2D eigenvalue weighted by Crippen LogP contribution is -2.47. The van der Waals surface area contributed by atoms with Gasteiger partial charge in [0.1, 0.15) is 5.75 Å². The SMILES string of the molecule is COc1cc(C2(C(=O)N3CCC4(CCNC4)CC3)CC2)ccc1C.Cl. The number of hydrogen-bond acceptors (Lipinski definition) is 3. The van der Waals surface area contributed by atoms with Crippen molar-refractivity contribution in [2.24, 2.45) is 5.41 Å². The number of nitrogens with zero attached hydrogens (tertiary/aromatic N) is 1. The van der Waals surface area contributed by atoms with E-state index in [-0.39, 0.29) is 17.8 Å². The maximum absolute atomic E-state index is 13.2. The van der Waals surface area contributed by atoms with Crippen LogP contribution in [0.1, 0.15) is 43.2 Å². The van der Waals surface area contributed by atoms with E-state index in [0.29, 0.717) is 11.3 Å². The predicted octanol–water partition coefficient (Wildman–Crippen LogP) is 3.06. The fraction of sp³-hybridized carbons (Fsp3) is 0.650. The summed E-state index contributed by atoms with van der Waals surface area (Å²) in [6.45, 7) is 6.16. The van der Waals surface area contributed by atoms with Crippen LogP contribution in [0, 0.1) is 12.3 Å². The summed E-state index contributed by atoms with van der Waals surface area (Å²) in [5.74, 6) is 1.23. The summed E-state index contributed by atoms with van der Waals surface area (Å²) in [5.41, 5.74) is 2.44. The molecule has 1 saturated carbocycles. The highest BCUT2D eigenvalue weighted by atomic mass is 35.5. The van der Waals surface area contributed by atoms with Crippen LogP contribution < -0.4 is 10.1 Å². The summed E-state index contributed by atoms with van der Waals surface area (Å²) >= 11 is 0. The van der Waals surface area contributed by atoms with Crippen LogP contribution >= 0.6 is 12.4 Å². The molecule has 2 aliphatic heterocycles. The van der Waals surface area contributed by atoms with Gasteiger partial charge in [0.15, 0.2) is 0 Å². The standard InChI is InChI=1S/C20H28N2O2.ClH/c1-15-3-4-16(13-17(15)24-2)20(5-6-20)18(23)22-11-8-19(9-12-22)7-10-21-14-19;/h3-4,13,21H,5-12,14H2,1-2H3;1H. The average Bonchev–Trinajstić information content (AvgIpc) is 3.30. The zero-order valence-electron chi connectivity index (χ0n) is 15.3. The molecule has 0 unspecified atom stereocenters. The number of benzene rings is 1. The number of ether oxygens (including phenoxy) is 1. The Labute approximate surface area is 156 Å². The van der Waals surface area contributed by atoms with E-state index in [1.807, 2.05) is 6.92 Å². The number of methoxy groups -OCH3 is 1. The monoisotopic (exact) mass is 364 g/mol. The topological polar surface area (TPSA) is 41.6 Å². The van der Waals surface area contributed by atoms with Crippen LogP contribution in [0.25, 0.3) is 0 Å². The number of hydrogen-bond donors (Lipinski definition) is 1. The summed E-state index contributed by atoms with van der Waals surface area (Å²) in [5, 5.41) is 3.50. The Hall–Kier alpha value is -1.26. The highest BCUT2D eigenvalue weighted by Gasteiger charge is 2.54. The molecule has 1 spiro atoms. The number of carbonyl (C=O) groups excluding carboxylic acids is 1. The minimum absolute atomic E-state index is 0. The molecule has 1 aromatic carbocycles. The van der Waals surface area contributed by atoms with Gasteiger partial charge in [-0.3, -0.25) is 4.79 Å². The minimum Gasteiger partial charge on any atom is -0.496 e. The van der Waals surface area contributed by atoms with Gasteiger partial charge in [-0.1, -0.05) is 12.1 Å². The summed E-state index contributed by atoms with van der Waals surface area (Å²) in [6, 6.07) is 6.28. The molecule has 1 N–H and O–H groups in total. The van der Waals surface area contributed by atoms with Crippen molar-refractivity contribution in [3.8, 4) is 5.75 Å². The van der Waals surface area contributed by atoms with E-state index in [2.05, 4.69) is 28.4 Å². The lowest BCUT2D eigenvalue weighted by molar-refractivity contribution is -0.136. The molecule has 0 radical (unpaired) electrons. The first-order valence-corrected chi connectivity index (χ1v) is 9.24. The van der Waals surface area contributed by atoms with E-state index in [9.17, 15) is 4.79 Å². The summed E-state index contributed by atoms with van der Waals surface area (Å²) in [6.07, 6.45) is 5.52. The lowest BCUT2D eigenvalue weighted by Gasteiger charge is -2.40. The van der Waals surface area contributed by atoms with Gasteiger partial charge in [-0.25, -0.2) is 0 Å². The van der Waals surface area contributed by atoms with Crippen molar-refractivity contribution < 1.29 is 9.53 Å². The fourth-order valence-corrected chi connectivity index (χ4v) is 4.58. The van der Waals surface area contributed by atoms with Gasteiger partial charge in [-0.15, -0.1) is 12.4 Å². The molecule has 0 bridgehead atoms. The first-order chi connectivity index (χ1) is 11.6. The molecule has 1 amide bonds. The van der Waals surface area contributed by atoms with Gasteiger partial charge in [-0.05, 0) is 68.2 Å². The first-order valence-electron chi connectivity index (χ1n) is 9.24. The number of carbonyl (C=O) groups is 1. The van der Waals surface area contributed by atoms with Crippen molar-refractivity contribution in [3.05, 3.63) is 29.3 Å². The van der Waals surface area contributed by atoms with Gasteiger partial charge in [0.25, 0.3) is 0 Å². The molecule has 138 valence electrons. The van der Waals surface area contributed by atoms with Gasteiger partial charge < -0.3 is 15.0 Å². The fourth-order valence-electron chi connectivity index (χ4n) is 4.58. The summed E-state index contributed by atoms with van der Waals surface area (Å²) < 4.78 is 5.47. The van der Waals surface area contributed by atoms with Crippen molar-refractivity contribution in [2.45, 2.75) is 44.4 Å². The molecule has 4 nitrogen and oxygen atoms in total. The number of nitrogens with one attached hydrogen (secondary N) is 1. The minimum atomic E-state index is -0.278. The second-order valence-electron chi connectivity index (χ2n) is 7.99. The predicted molar refractivity (Wildman–Crippen MR) is 102 cm³/mol. The Morgan fingerprint density at radius 1 is 1.16 bits per heavy atom. The maximum Gasteiger partial charge on any atom is 0.233 e. The number of rotatable bonds is 3. The molecule has 5 heteroatoms. The van der Waals surface area contributed by atoms with Crippen LogP contribution in [0.4, 0.5) is 0 Å². The van der Waals surface area contributed by atoms with Crippen molar-refractivity contribution in [3.63, 3.8) is 0 Å². The number of piperidine rings is 1. The number of likely N-dealkylation sites (tertiary alicyclic amines) is 1. The number of aryl methyl sites for hydroxylation is 1. The van der Waals surface area contributed by atoms with Crippen LogP contribution in [0.3, 0.4) is 0 Å². The zero-order chi connectivity index (χ0) is 16.8. The Morgan fingerprint density at radius 3 is 2.44 bits per heavy atom. The highest BCUT2D eigenvalue weighted by Crippen LogP contribution is 2.51. The molecule has 3 fully saturated rings.